The minimum absolute atomic E-state index is 0.00446. The van der Waals surface area contributed by atoms with Crippen molar-refractivity contribution in [2.45, 2.75) is 11.4 Å². The van der Waals surface area contributed by atoms with Gasteiger partial charge in [-0.25, -0.2) is 18.1 Å². The van der Waals surface area contributed by atoms with Crippen LogP contribution in [0, 0.1) is 0 Å². The van der Waals surface area contributed by atoms with Crippen LogP contribution >= 0.6 is 23.2 Å². The molecule has 0 amide bonds. The Morgan fingerprint density at radius 2 is 1.83 bits per heavy atom. The van der Waals surface area contributed by atoms with Crippen LogP contribution in [0.1, 0.15) is 5.56 Å². The molecule has 0 aliphatic carbocycles. The van der Waals surface area contributed by atoms with Gasteiger partial charge in [0.15, 0.2) is 16.7 Å². The maximum atomic E-state index is 12.3. The Labute approximate surface area is 144 Å². The average Bonchev–Trinajstić information content (AvgIpc) is 2.52. The van der Waals surface area contributed by atoms with E-state index in [1.54, 1.807) is 18.2 Å². The highest BCUT2D eigenvalue weighted by atomic mass is 35.5. The van der Waals surface area contributed by atoms with E-state index in [2.05, 4.69) is 9.71 Å². The second kappa shape index (κ2) is 7.35. The lowest BCUT2D eigenvalue weighted by molar-refractivity contribution is 0.354. The van der Waals surface area contributed by atoms with E-state index in [0.717, 1.165) is 0 Å². The Hall–Kier alpha value is -1.54. The average molecular weight is 377 g/mol. The molecule has 0 bridgehead atoms. The molecule has 0 saturated heterocycles. The molecule has 1 heterocycles. The number of pyridine rings is 1. The SMILES string of the molecule is COc1ccc(CNS(=O)(=O)c2c(Cl)ccnc2Cl)cc1OC. The van der Waals surface area contributed by atoms with E-state index in [-0.39, 0.29) is 21.6 Å². The van der Waals surface area contributed by atoms with Gasteiger partial charge in [-0.15, -0.1) is 0 Å². The first kappa shape index (κ1) is 17.8. The molecule has 23 heavy (non-hydrogen) atoms. The first-order valence-electron chi connectivity index (χ1n) is 6.39. The number of benzene rings is 1. The fourth-order valence-corrected chi connectivity index (χ4v) is 3.94. The molecular weight excluding hydrogens is 363 g/mol. The van der Waals surface area contributed by atoms with Gasteiger partial charge in [0.1, 0.15) is 4.90 Å². The minimum Gasteiger partial charge on any atom is -0.493 e. The van der Waals surface area contributed by atoms with E-state index in [0.29, 0.717) is 17.1 Å². The predicted octanol–water partition coefficient (Wildman–Crippen LogP) is 2.88. The van der Waals surface area contributed by atoms with Gasteiger partial charge in [0.2, 0.25) is 10.0 Å². The Bertz CT molecular complexity index is 792. The van der Waals surface area contributed by atoms with Crippen molar-refractivity contribution in [2.75, 3.05) is 14.2 Å². The molecule has 0 fully saturated rings. The van der Waals surface area contributed by atoms with Gasteiger partial charge in [0.05, 0.1) is 19.2 Å². The number of sulfonamides is 1. The van der Waals surface area contributed by atoms with Gasteiger partial charge in [-0.05, 0) is 23.8 Å². The number of hydrogen-bond donors (Lipinski definition) is 1. The summed E-state index contributed by atoms with van der Waals surface area (Å²) in [5, 5.41) is -0.179. The molecule has 1 aromatic heterocycles. The molecule has 0 aliphatic rings. The van der Waals surface area contributed by atoms with Crippen LogP contribution in [0.3, 0.4) is 0 Å². The molecule has 0 atom stereocenters. The number of nitrogens with one attached hydrogen (secondary N) is 1. The van der Waals surface area contributed by atoms with Crippen LogP contribution in [0.4, 0.5) is 0 Å². The van der Waals surface area contributed by atoms with Gasteiger partial charge in [-0.2, -0.15) is 0 Å². The second-order valence-electron chi connectivity index (χ2n) is 4.43. The smallest absolute Gasteiger partial charge is 0.245 e. The zero-order valence-electron chi connectivity index (χ0n) is 12.3. The topological polar surface area (TPSA) is 77.5 Å². The normalized spacial score (nSPS) is 11.3. The highest BCUT2D eigenvalue weighted by molar-refractivity contribution is 7.89. The first-order valence-corrected chi connectivity index (χ1v) is 8.63. The largest absolute Gasteiger partial charge is 0.493 e. The Morgan fingerprint density at radius 1 is 1.13 bits per heavy atom. The van der Waals surface area contributed by atoms with Gasteiger partial charge in [-0.1, -0.05) is 29.3 Å². The molecule has 2 aromatic rings. The quantitative estimate of drug-likeness (QED) is 0.784. The van der Waals surface area contributed by atoms with Crippen molar-refractivity contribution in [3.8, 4) is 11.5 Å². The van der Waals surface area contributed by atoms with Crippen LogP contribution in [0.25, 0.3) is 0 Å². The van der Waals surface area contributed by atoms with E-state index in [1.165, 1.54) is 26.5 Å². The summed E-state index contributed by atoms with van der Waals surface area (Å²) in [5.74, 6) is 1.05. The van der Waals surface area contributed by atoms with Gasteiger partial charge < -0.3 is 9.47 Å². The number of methoxy groups -OCH3 is 2. The molecule has 9 heteroatoms. The van der Waals surface area contributed by atoms with Gasteiger partial charge >= 0.3 is 0 Å². The Morgan fingerprint density at radius 3 is 2.43 bits per heavy atom. The van der Waals surface area contributed by atoms with Crippen LogP contribution in [0.15, 0.2) is 35.4 Å². The van der Waals surface area contributed by atoms with E-state index < -0.39 is 10.0 Å². The van der Waals surface area contributed by atoms with E-state index in [9.17, 15) is 8.42 Å². The molecule has 1 N–H and O–H groups in total. The maximum Gasteiger partial charge on any atom is 0.245 e. The number of rotatable bonds is 6. The summed E-state index contributed by atoms with van der Waals surface area (Å²) in [4.78, 5) is 3.49. The summed E-state index contributed by atoms with van der Waals surface area (Å²) in [6, 6.07) is 6.44. The molecule has 0 saturated carbocycles. The minimum atomic E-state index is -3.90. The van der Waals surface area contributed by atoms with Crippen LogP contribution in [0.5, 0.6) is 11.5 Å². The second-order valence-corrected chi connectivity index (χ2v) is 6.90. The van der Waals surface area contributed by atoms with Crippen LogP contribution in [-0.4, -0.2) is 27.6 Å². The van der Waals surface area contributed by atoms with Crippen LogP contribution in [0.2, 0.25) is 10.2 Å². The third-order valence-electron chi connectivity index (χ3n) is 3.00. The molecule has 2 rings (SSSR count). The van der Waals surface area contributed by atoms with E-state index in [1.807, 2.05) is 0 Å². The van der Waals surface area contributed by atoms with Crippen molar-refractivity contribution in [3.63, 3.8) is 0 Å². The number of nitrogens with zero attached hydrogens (tertiary/aromatic N) is 1. The van der Waals surface area contributed by atoms with Gasteiger partial charge in [0, 0.05) is 12.7 Å². The molecule has 0 unspecified atom stereocenters. The fourth-order valence-electron chi connectivity index (χ4n) is 1.88. The summed E-state index contributed by atoms with van der Waals surface area (Å²) in [6.45, 7) is 0.0320. The number of hydrogen-bond acceptors (Lipinski definition) is 5. The third kappa shape index (κ3) is 4.06. The summed E-state index contributed by atoms with van der Waals surface area (Å²) < 4.78 is 37.4. The monoisotopic (exact) mass is 376 g/mol. The van der Waals surface area contributed by atoms with E-state index in [4.69, 9.17) is 32.7 Å². The summed E-state index contributed by atoms with van der Waals surface area (Å²) >= 11 is 11.7. The third-order valence-corrected chi connectivity index (χ3v) is 5.30. The zero-order chi connectivity index (χ0) is 17.0. The van der Waals surface area contributed by atoms with Crippen molar-refractivity contribution in [2.24, 2.45) is 0 Å². The highest BCUT2D eigenvalue weighted by Gasteiger charge is 2.22. The molecule has 0 radical (unpaired) electrons. The van der Waals surface area contributed by atoms with Crippen molar-refractivity contribution >= 4 is 33.2 Å². The van der Waals surface area contributed by atoms with Gasteiger partial charge in [-0.3, -0.25) is 0 Å². The Kier molecular flexibility index (Phi) is 5.69. The highest BCUT2D eigenvalue weighted by Crippen LogP contribution is 2.29. The van der Waals surface area contributed by atoms with Crippen molar-refractivity contribution < 1.29 is 17.9 Å². The first-order chi connectivity index (χ1) is 10.9. The number of aromatic nitrogens is 1. The summed E-state index contributed by atoms with van der Waals surface area (Å²) in [5.41, 5.74) is 0.683. The lowest BCUT2D eigenvalue weighted by Gasteiger charge is -2.11. The number of ether oxygens (including phenoxy) is 2. The molecular formula is C14H14Cl2N2O4S. The van der Waals surface area contributed by atoms with Crippen LogP contribution < -0.4 is 14.2 Å². The van der Waals surface area contributed by atoms with Crippen molar-refractivity contribution in [1.29, 1.82) is 0 Å². The molecule has 0 aliphatic heterocycles. The fraction of sp³-hybridized carbons (Fsp3) is 0.214. The Balaban J connectivity index is 2.23. The summed E-state index contributed by atoms with van der Waals surface area (Å²) in [7, 11) is -0.882. The van der Waals surface area contributed by atoms with Crippen molar-refractivity contribution in [3.05, 3.63) is 46.2 Å². The van der Waals surface area contributed by atoms with Crippen LogP contribution in [-0.2, 0) is 16.6 Å². The maximum absolute atomic E-state index is 12.3. The van der Waals surface area contributed by atoms with E-state index >= 15 is 0 Å². The summed E-state index contributed by atoms with van der Waals surface area (Å²) in [6.07, 6.45) is 1.33. The molecule has 0 spiro atoms. The standard InChI is InChI=1S/C14H14Cl2N2O4S/c1-21-11-4-3-9(7-12(11)22-2)8-18-23(19,20)13-10(15)5-6-17-14(13)16/h3-7,18H,8H2,1-2H3. The molecule has 1 aromatic carbocycles. The predicted molar refractivity (Wildman–Crippen MR) is 87.8 cm³/mol. The lowest BCUT2D eigenvalue weighted by Crippen LogP contribution is -2.24. The zero-order valence-corrected chi connectivity index (χ0v) is 14.7. The number of halogens is 2. The van der Waals surface area contributed by atoms with Gasteiger partial charge in [0.25, 0.3) is 0 Å². The van der Waals surface area contributed by atoms with Crippen molar-refractivity contribution in [1.82, 2.24) is 9.71 Å². The molecule has 6 nitrogen and oxygen atoms in total. The molecule has 124 valence electrons. The lowest BCUT2D eigenvalue weighted by atomic mass is 10.2.